The number of rotatable bonds is 13. The summed E-state index contributed by atoms with van der Waals surface area (Å²) in [5, 5.41) is 11.5. The topological polar surface area (TPSA) is 46.5 Å². The predicted octanol–water partition coefficient (Wildman–Crippen LogP) is 7.96. The Morgan fingerprint density at radius 1 is 0.970 bits per heavy atom. The van der Waals surface area contributed by atoms with E-state index in [2.05, 4.69) is 41.2 Å². The molecule has 2 unspecified atom stereocenters. The van der Waals surface area contributed by atoms with E-state index in [1.165, 1.54) is 44.9 Å². The van der Waals surface area contributed by atoms with E-state index in [4.69, 9.17) is 4.74 Å². The van der Waals surface area contributed by atoms with Crippen molar-refractivity contribution in [3.8, 4) is 0 Å². The van der Waals surface area contributed by atoms with Gasteiger partial charge in [0.2, 0.25) is 0 Å². The number of aliphatic hydroxyl groups is 1. The van der Waals surface area contributed by atoms with E-state index in [9.17, 15) is 9.90 Å². The van der Waals surface area contributed by atoms with E-state index in [1.54, 1.807) is 6.92 Å². The molecule has 1 fully saturated rings. The molecule has 1 aliphatic carbocycles. The highest BCUT2D eigenvalue weighted by Crippen LogP contribution is 2.57. The molecule has 0 saturated carbocycles. The molecule has 0 bridgehead atoms. The minimum atomic E-state index is -1.30. The first-order valence-electron chi connectivity index (χ1n) is 13.6. The van der Waals surface area contributed by atoms with E-state index >= 15 is 0 Å². The van der Waals surface area contributed by atoms with Crippen molar-refractivity contribution in [1.82, 2.24) is 0 Å². The van der Waals surface area contributed by atoms with Crippen LogP contribution in [0.5, 0.6) is 0 Å². The van der Waals surface area contributed by atoms with Gasteiger partial charge < -0.3 is 9.84 Å². The van der Waals surface area contributed by atoms with Crippen LogP contribution in [-0.2, 0) is 9.53 Å². The summed E-state index contributed by atoms with van der Waals surface area (Å²) in [6.07, 6.45) is 12.5. The van der Waals surface area contributed by atoms with Gasteiger partial charge in [-0.15, -0.1) is 0 Å². The third kappa shape index (κ3) is 6.01. The average molecular weight is 461 g/mol. The number of carbonyl (C=O) groups is 1. The second-order valence-corrected chi connectivity index (χ2v) is 12.2. The van der Waals surface area contributed by atoms with Crippen LogP contribution in [-0.4, -0.2) is 27.7 Å². The van der Waals surface area contributed by atoms with Crippen LogP contribution in [0.4, 0.5) is 0 Å². The van der Waals surface area contributed by atoms with Gasteiger partial charge in [0.25, 0.3) is 0 Å². The summed E-state index contributed by atoms with van der Waals surface area (Å²) in [6, 6.07) is 0. The Bertz CT molecular complexity index is 735. The highest BCUT2D eigenvalue weighted by Gasteiger charge is 2.66. The fourth-order valence-corrected chi connectivity index (χ4v) is 6.28. The molecule has 3 heteroatoms. The highest BCUT2D eigenvalue weighted by atomic mass is 16.5. The van der Waals surface area contributed by atoms with Gasteiger partial charge in [-0.05, 0) is 81.4 Å². The van der Waals surface area contributed by atoms with E-state index in [0.29, 0.717) is 17.9 Å². The summed E-state index contributed by atoms with van der Waals surface area (Å²) in [5.41, 5.74) is -0.545. The monoisotopic (exact) mass is 460 g/mol. The lowest BCUT2D eigenvalue weighted by Crippen LogP contribution is -2.65. The normalized spacial score (nSPS) is 31.8. The van der Waals surface area contributed by atoms with Gasteiger partial charge in [-0.25, -0.2) is 0 Å². The number of fused-ring (bicyclic) bond motifs is 1. The first-order chi connectivity index (χ1) is 15.3. The Hall–Kier alpha value is -0.930. The quantitative estimate of drug-likeness (QED) is 0.303. The van der Waals surface area contributed by atoms with Gasteiger partial charge >= 0.3 is 0 Å². The van der Waals surface area contributed by atoms with Crippen molar-refractivity contribution in [3.05, 3.63) is 23.3 Å². The molecule has 3 nitrogen and oxygen atoms in total. The third-order valence-corrected chi connectivity index (χ3v) is 8.81. The van der Waals surface area contributed by atoms with E-state index in [-0.39, 0.29) is 5.78 Å². The largest absolute Gasteiger partial charge is 0.381 e. The van der Waals surface area contributed by atoms with Crippen molar-refractivity contribution >= 4 is 5.78 Å². The van der Waals surface area contributed by atoms with Crippen molar-refractivity contribution in [3.63, 3.8) is 0 Å². The van der Waals surface area contributed by atoms with Crippen LogP contribution in [0.2, 0.25) is 0 Å². The summed E-state index contributed by atoms with van der Waals surface area (Å²) in [4.78, 5) is 12.9. The highest BCUT2D eigenvalue weighted by molar-refractivity contribution is 5.93. The van der Waals surface area contributed by atoms with Crippen molar-refractivity contribution in [1.29, 1.82) is 0 Å². The lowest BCUT2D eigenvalue weighted by atomic mass is 9.69. The Kier molecular flexibility index (Phi) is 9.61. The van der Waals surface area contributed by atoms with Crippen LogP contribution in [0.15, 0.2) is 23.3 Å². The zero-order chi connectivity index (χ0) is 25.0. The molecule has 2 rings (SSSR count). The molecule has 5 atom stereocenters. The molecule has 0 radical (unpaired) electrons. The van der Waals surface area contributed by atoms with Crippen molar-refractivity contribution in [2.24, 2.45) is 17.8 Å². The van der Waals surface area contributed by atoms with Crippen LogP contribution in [0.25, 0.3) is 0 Å². The molecule has 0 aromatic rings. The van der Waals surface area contributed by atoms with E-state index in [0.717, 1.165) is 42.2 Å². The minimum absolute atomic E-state index is 0.109. The molecule has 1 saturated heterocycles. The van der Waals surface area contributed by atoms with Crippen molar-refractivity contribution < 1.29 is 14.6 Å². The van der Waals surface area contributed by atoms with Gasteiger partial charge in [-0.2, -0.15) is 0 Å². The van der Waals surface area contributed by atoms with Gasteiger partial charge in [0.1, 0.15) is 5.60 Å². The number of ketones is 1. The first-order valence-corrected chi connectivity index (χ1v) is 13.6. The Morgan fingerprint density at radius 3 is 2.00 bits per heavy atom. The zero-order valence-corrected chi connectivity index (χ0v) is 23.0. The molecule has 190 valence electrons. The molecule has 0 amide bonds. The molecular formula is C30H52O3. The summed E-state index contributed by atoms with van der Waals surface area (Å²) in [5.74, 6) is 2.27. The standard InChI is InChI=1S/C30H52O3/c1-21(2)13-10-14-22(3)15-11-16-23(4)17-12-18-28(9)19-20-29(32)25(6)24(5)26(7)30(29,33-28)27(8)31/h21-23,32H,6,10-20H2,1-5,7-9H3/t22?,23?,28-,29+,30-/m0/s1. The lowest BCUT2D eigenvalue weighted by molar-refractivity contribution is -0.233. The second kappa shape index (κ2) is 11.2. The van der Waals surface area contributed by atoms with Gasteiger partial charge in [0, 0.05) is 0 Å². The number of carbonyl (C=O) groups excluding carboxylic acids is 1. The van der Waals surface area contributed by atoms with Crippen LogP contribution in [0.1, 0.15) is 126 Å². The third-order valence-electron chi connectivity index (χ3n) is 8.81. The zero-order valence-electron chi connectivity index (χ0n) is 23.0. The molecule has 33 heavy (non-hydrogen) atoms. The summed E-state index contributed by atoms with van der Waals surface area (Å²) >= 11 is 0. The van der Waals surface area contributed by atoms with Crippen LogP contribution < -0.4 is 0 Å². The lowest BCUT2D eigenvalue weighted by Gasteiger charge is -2.53. The van der Waals surface area contributed by atoms with Gasteiger partial charge in [0.15, 0.2) is 11.4 Å². The molecular weight excluding hydrogens is 408 g/mol. The van der Waals surface area contributed by atoms with Crippen LogP contribution in [0.3, 0.4) is 0 Å². The Balaban J connectivity index is 1.84. The fourth-order valence-electron chi connectivity index (χ4n) is 6.28. The summed E-state index contributed by atoms with van der Waals surface area (Å²) < 4.78 is 6.63. The Morgan fingerprint density at radius 2 is 1.48 bits per heavy atom. The first kappa shape index (κ1) is 28.3. The molecule has 2 aliphatic rings. The minimum Gasteiger partial charge on any atom is -0.381 e. The van der Waals surface area contributed by atoms with Gasteiger partial charge in [0.05, 0.1) is 5.60 Å². The summed E-state index contributed by atoms with van der Waals surface area (Å²) in [6.45, 7) is 21.1. The smallest absolute Gasteiger partial charge is 0.180 e. The predicted molar refractivity (Wildman–Crippen MR) is 139 cm³/mol. The number of hydrogen-bond donors (Lipinski definition) is 1. The molecule has 1 aliphatic heterocycles. The number of hydrogen-bond acceptors (Lipinski definition) is 3. The Labute approximate surface area is 204 Å². The van der Waals surface area contributed by atoms with Crippen LogP contribution >= 0.6 is 0 Å². The van der Waals surface area contributed by atoms with Gasteiger partial charge in [-0.3, -0.25) is 4.79 Å². The molecule has 1 heterocycles. The SMILES string of the molecule is C=C1C(C)=C(C)[C@@]2(C(C)=O)O[C@@](C)(CCCC(C)CCCC(C)CCCC(C)C)CC[C@@]12O. The van der Waals surface area contributed by atoms with Crippen molar-refractivity contribution in [2.75, 3.05) is 0 Å². The number of Topliss-reactive ketones (excluding diaryl/α,β-unsaturated/α-hetero) is 1. The fraction of sp³-hybridized carbons (Fsp3) is 0.833. The van der Waals surface area contributed by atoms with Crippen molar-refractivity contribution in [2.45, 2.75) is 143 Å². The molecule has 0 aromatic carbocycles. The molecule has 0 spiro atoms. The van der Waals surface area contributed by atoms with E-state index < -0.39 is 16.8 Å². The maximum Gasteiger partial charge on any atom is 0.180 e. The van der Waals surface area contributed by atoms with Crippen LogP contribution in [0, 0.1) is 17.8 Å². The van der Waals surface area contributed by atoms with E-state index in [1.807, 2.05) is 13.8 Å². The second-order valence-electron chi connectivity index (χ2n) is 12.2. The molecule has 0 aromatic heterocycles. The maximum absolute atomic E-state index is 12.9. The summed E-state index contributed by atoms with van der Waals surface area (Å²) in [7, 11) is 0. The molecule has 1 N–H and O–H groups in total. The maximum atomic E-state index is 12.9. The number of ether oxygens (including phenoxy) is 1. The average Bonchev–Trinajstić information content (AvgIpc) is 2.87. The van der Waals surface area contributed by atoms with Gasteiger partial charge in [-0.1, -0.05) is 85.6 Å².